The fraction of sp³-hybridized carbons (Fsp3) is 0.725. The number of amides is 7. The molecule has 4 rings (SSSR count). The summed E-state index contributed by atoms with van der Waals surface area (Å²) >= 11 is 1.32. The van der Waals surface area contributed by atoms with E-state index in [-0.39, 0.29) is 48.7 Å². The number of ether oxygens (including phenoxy) is 1. The first-order valence-corrected chi connectivity index (χ1v) is 21.7. The van der Waals surface area contributed by atoms with Gasteiger partial charge in [-0.25, -0.2) is 4.79 Å². The molecule has 2 fully saturated rings. The van der Waals surface area contributed by atoms with Crippen LogP contribution in [0.1, 0.15) is 87.5 Å². The molecule has 4 aliphatic rings. The number of esters is 1. The average molecular weight is 863 g/mol. The van der Waals surface area contributed by atoms with Crippen LogP contribution in [0.2, 0.25) is 0 Å². The van der Waals surface area contributed by atoms with Crippen LogP contribution in [-0.4, -0.2) is 164 Å². The Hall–Kier alpha value is -4.56. The van der Waals surface area contributed by atoms with Crippen LogP contribution in [0.5, 0.6) is 0 Å². The molecule has 0 aromatic heterocycles. The maximum atomic E-state index is 14.1. The first-order chi connectivity index (χ1) is 28.2. The van der Waals surface area contributed by atoms with Crippen LogP contribution in [-0.2, 0) is 43.1 Å². The number of cyclic esters (lactones) is 1. The van der Waals surface area contributed by atoms with Gasteiger partial charge < -0.3 is 50.9 Å². The fourth-order valence-electron chi connectivity index (χ4n) is 7.83. The van der Waals surface area contributed by atoms with Crippen molar-refractivity contribution in [2.24, 2.45) is 16.8 Å². The first-order valence-electron chi connectivity index (χ1n) is 20.7. The zero-order valence-electron chi connectivity index (χ0n) is 35.9. The number of aliphatic hydroxyl groups is 2. The van der Waals surface area contributed by atoms with Crippen LogP contribution in [0.4, 0.5) is 0 Å². The molecule has 0 unspecified atom stereocenters. The lowest BCUT2D eigenvalue weighted by Gasteiger charge is -2.48. The number of fused-ring (bicyclic) bond motifs is 4. The Kier molecular flexibility index (Phi) is 16.7. The van der Waals surface area contributed by atoms with Gasteiger partial charge in [-0.05, 0) is 71.6 Å². The molecule has 0 aromatic carbocycles. The van der Waals surface area contributed by atoms with Crippen LogP contribution < -0.4 is 21.3 Å². The molecule has 10 atom stereocenters. The van der Waals surface area contributed by atoms with E-state index in [0.29, 0.717) is 24.3 Å². The molecule has 20 heteroatoms. The molecule has 0 radical (unpaired) electrons. The minimum absolute atomic E-state index is 0.0176. The zero-order chi connectivity index (χ0) is 44.7. The highest BCUT2D eigenvalue weighted by Crippen LogP contribution is 2.35. The van der Waals surface area contributed by atoms with Crippen LogP contribution >= 0.6 is 11.8 Å². The predicted octanol–water partition coefficient (Wildman–Crippen LogP) is -0.807. The highest BCUT2D eigenvalue weighted by molar-refractivity contribution is 8.14. The molecule has 19 nitrogen and oxygen atoms in total. The van der Waals surface area contributed by atoms with Gasteiger partial charge in [0, 0.05) is 25.4 Å². The van der Waals surface area contributed by atoms with E-state index in [1.165, 1.54) is 43.6 Å². The third kappa shape index (κ3) is 11.2. The molecule has 6 N–H and O–H groups in total. The number of carbonyl (C=O) groups excluding carboxylic acids is 8. The van der Waals surface area contributed by atoms with E-state index in [4.69, 9.17) is 4.74 Å². The summed E-state index contributed by atoms with van der Waals surface area (Å²) < 4.78 is 5.29. The van der Waals surface area contributed by atoms with Gasteiger partial charge in [-0.3, -0.25) is 38.6 Å². The Balaban J connectivity index is 1.68. The molecule has 2 bridgehead atoms. The number of hydrogen-bond acceptors (Lipinski definition) is 13. The van der Waals surface area contributed by atoms with Crippen molar-refractivity contribution in [2.75, 3.05) is 26.0 Å². The highest BCUT2D eigenvalue weighted by Gasteiger charge is 2.47. The Labute approximate surface area is 355 Å². The van der Waals surface area contributed by atoms with Gasteiger partial charge >= 0.3 is 5.97 Å². The van der Waals surface area contributed by atoms with Crippen LogP contribution in [0.15, 0.2) is 16.8 Å². The molecule has 4 aliphatic heterocycles. The van der Waals surface area contributed by atoms with E-state index < -0.39 is 108 Å². The molecule has 2 saturated heterocycles. The number of aliphatic imine (C=N–C) groups is 1. The Bertz CT molecular complexity index is 1740. The van der Waals surface area contributed by atoms with Crippen molar-refractivity contribution in [1.29, 1.82) is 0 Å². The number of rotatable bonds is 4. The van der Waals surface area contributed by atoms with E-state index in [9.17, 15) is 48.6 Å². The molecule has 0 aromatic rings. The second-order valence-corrected chi connectivity index (χ2v) is 17.8. The van der Waals surface area contributed by atoms with E-state index in [2.05, 4.69) is 26.3 Å². The highest BCUT2D eigenvalue weighted by atomic mass is 32.2. The summed E-state index contributed by atoms with van der Waals surface area (Å²) in [7, 11) is 1.28. The van der Waals surface area contributed by atoms with Crippen molar-refractivity contribution in [3.05, 3.63) is 11.8 Å². The second-order valence-electron chi connectivity index (χ2n) is 16.8. The largest absolute Gasteiger partial charge is 0.461 e. The number of thioether (sulfide) groups is 1. The minimum Gasteiger partial charge on any atom is -0.461 e. The summed E-state index contributed by atoms with van der Waals surface area (Å²) in [5.41, 5.74) is -0.0699. The van der Waals surface area contributed by atoms with Crippen molar-refractivity contribution < 1.29 is 53.3 Å². The molecular formula is C40H62N8O11S. The number of aliphatic hydroxyl groups excluding tert-OH is 2. The third-order valence-electron chi connectivity index (χ3n) is 11.2. The fourth-order valence-corrected chi connectivity index (χ4v) is 8.98. The second kappa shape index (κ2) is 20.8. The molecule has 7 amide bonds. The Morgan fingerprint density at radius 1 is 0.900 bits per heavy atom. The van der Waals surface area contributed by atoms with Gasteiger partial charge in [-0.2, -0.15) is 0 Å². The molecular weight excluding hydrogens is 801 g/mol. The van der Waals surface area contributed by atoms with E-state index in [1.807, 2.05) is 20.8 Å². The SMILES string of the molecule is C/C=C1/NC(=O)[C@@H]2CSC(=N2)[C@@H]2C[C@@H](C)N2C(=O)[C@@H](CC(C)C)NC(=O)[C@H](C)NC(=O)[C@@H](O)COC(=O)[C@H](C(C)C)N(C)C(=O)[C@H]([C@H](C)O)NC(=O)[C@@H]2CCCCN2C1=O. The van der Waals surface area contributed by atoms with Gasteiger partial charge in [0.1, 0.15) is 48.6 Å². The summed E-state index contributed by atoms with van der Waals surface area (Å²) in [4.78, 5) is 118. The lowest BCUT2D eigenvalue weighted by atomic mass is 9.91. The molecule has 0 aliphatic carbocycles. The van der Waals surface area contributed by atoms with Gasteiger partial charge in [-0.15, -0.1) is 11.8 Å². The van der Waals surface area contributed by atoms with Crippen molar-refractivity contribution in [3.8, 4) is 0 Å². The number of nitrogens with one attached hydrogen (secondary N) is 4. The molecule has 0 saturated carbocycles. The van der Waals surface area contributed by atoms with Crippen molar-refractivity contribution >= 4 is 64.1 Å². The average Bonchev–Trinajstić information content (AvgIpc) is 3.68. The maximum absolute atomic E-state index is 14.1. The van der Waals surface area contributed by atoms with Crippen molar-refractivity contribution in [1.82, 2.24) is 36.0 Å². The number of likely N-dealkylation sites (N-methyl/N-ethyl adjacent to an activating group) is 1. The zero-order valence-corrected chi connectivity index (χ0v) is 36.7. The molecule has 4 heterocycles. The van der Waals surface area contributed by atoms with Gasteiger partial charge in [0.2, 0.25) is 29.5 Å². The smallest absolute Gasteiger partial charge is 0.329 e. The number of piperidine rings is 1. The maximum Gasteiger partial charge on any atom is 0.329 e. The summed E-state index contributed by atoms with van der Waals surface area (Å²) in [5, 5.41) is 32.3. The summed E-state index contributed by atoms with van der Waals surface area (Å²) in [5.74, 6) is -6.17. The molecule has 0 spiro atoms. The van der Waals surface area contributed by atoms with Gasteiger partial charge in [-0.1, -0.05) is 33.8 Å². The number of allylic oxidation sites excluding steroid dienone is 1. The quantitative estimate of drug-likeness (QED) is 0.150. The third-order valence-corrected chi connectivity index (χ3v) is 12.3. The Morgan fingerprint density at radius 3 is 2.18 bits per heavy atom. The summed E-state index contributed by atoms with van der Waals surface area (Å²) in [6.45, 7) is 12.5. The number of nitrogens with zero attached hydrogens (tertiary/aromatic N) is 4. The van der Waals surface area contributed by atoms with Crippen LogP contribution in [0.3, 0.4) is 0 Å². The first kappa shape index (κ1) is 48.1. The van der Waals surface area contributed by atoms with Gasteiger partial charge in [0.15, 0.2) is 6.10 Å². The summed E-state index contributed by atoms with van der Waals surface area (Å²) in [6.07, 6.45) is 0.297. The Morgan fingerprint density at radius 2 is 1.58 bits per heavy atom. The van der Waals surface area contributed by atoms with E-state index in [0.717, 1.165) is 4.90 Å². The van der Waals surface area contributed by atoms with E-state index in [1.54, 1.807) is 25.7 Å². The summed E-state index contributed by atoms with van der Waals surface area (Å²) in [6, 6.07) is -7.64. The van der Waals surface area contributed by atoms with E-state index >= 15 is 0 Å². The van der Waals surface area contributed by atoms with Gasteiger partial charge in [0.25, 0.3) is 11.8 Å². The topological polar surface area (TPSA) is 256 Å². The van der Waals surface area contributed by atoms with Crippen molar-refractivity contribution in [2.45, 2.75) is 148 Å². The van der Waals surface area contributed by atoms with Crippen LogP contribution in [0.25, 0.3) is 0 Å². The molecule has 60 heavy (non-hydrogen) atoms. The van der Waals surface area contributed by atoms with Crippen molar-refractivity contribution in [3.63, 3.8) is 0 Å². The minimum atomic E-state index is -1.91. The lowest BCUT2D eigenvalue weighted by molar-refractivity contribution is -0.161. The van der Waals surface area contributed by atoms with Crippen LogP contribution in [0, 0.1) is 11.8 Å². The number of hydrogen-bond donors (Lipinski definition) is 6. The predicted molar refractivity (Wildman–Crippen MR) is 221 cm³/mol. The van der Waals surface area contributed by atoms with Gasteiger partial charge in [0.05, 0.1) is 17.2 Å². The molecule has 334 valence electrons. The monoisotopic (exact) mass is 862 g/mol. The number of carbonyl (C=O) groups is 8. The normalized spacial score (nSPS) is 32.5. The standard InChI is InChI=1S/C40H62N8O11S/c1-10-24-37(55)47-14-12-11-13-27(47)34(53)45-30(23(8)49)39(57)46(9)31(20(4)5)40(58)59-17-29(50)35(54)41-22(7)32(51)43-25(15-19(2)3)38(56)48-21(6)16-28(48)36-44-26(18-60-36)33(52)42-24/h10,19-23,25-31,49-50H,11-18H2,1-9H3,(H,41,54)(H,42,52)(H,43,51)(H,45,53)/b24-10+/t21-,22+,23+,25-,26+,27+,28+,29+,30+,31+/m1/s1. The lowest BCUT2D eigenvalue weighted by Crippen LogP contribution is -2.65.